The summed E-state index contributed by atoms with van der Waals surface area (Å²) >= 11 is 0. The van der Waals surface area contributed by atoms with Crippen molar-refractivity contribution in [2.24, 2.45) is 0 Å². The molecule has 2 saturated carbocycles. The average molecular weight is 463 g/mol. The average Bonchev–Trinajstić information content (AvgIpc) is 3.53. The van der Waals surface area contributed by atoms with Gasteiger partial charge in [-0.1, -0.05) is 50.7 Å². The summed E-state index contributed by atoms with van der Waals surface area (Å²) in [6, 6.07) is 7.36. The van der Waals surface area contributed by atoms with Crippen LogP contribution in [0.2, 0.25) is 0 Å². The van der Waals surface area contributed by atoms with Gasteiger partial charge in [-0.2, -0.15) is 0 Å². The second kappa shape index (κ2) is 9.98. The van der Waals surface area contributed by atoms with Gasteiger partial charge in [-0.25, -0.2) is 4.68 Å². The van der Waals surface area contributed by atoms with E-state index in [0.29, 0.717) is 18.6 Å². The summed E-state index contributed by atoms with van der Waals surface area (Å²) in [5, 5.41) is 14.3. The zero-order valence-corrected chi connectivity index (χ0v) is 20.9. The number of tetrazole rings is 1. The van der Waals surface area contributed by atoms with Gasteiger partial charge in [0.05, 0.1) is 17.6 Å². The molecule has 1 N–H and O–H groups in total. The summed E-state index contributed by atoms with van der Waals surface area (Å²) in [4.78, 5) is 18.9. The first kappa shape index (κ1) is 23.2. The Balaban J connectivity index is 1.52. The molecule has 3 aromatic rings. The molecule has 2 aromatic heterocycles. The minimum Gasteiger partial charge on any atom is -0.321 e. The number of benzene rings is 1. The maximum Gasteiger partial charge on any atom is 0.252 e. The van der Waals surface area contributed by atoms with Gasteiger partial charge >= 0.3 is 0 Å². The number of hydrogen-bond donors (Lipinski definition) is 1. The molecule has 0 saturated heterocycles. The number of nitrogens with one attached hydrogen (secondary N) is 1. The van der Waals surface area contributed by atoms with Crippen molar-refractivity contribution in [1.82, 2.24) is 30.1 Å². The molecular formula is C27H38N6O. The van der Waals surface area contributed by atoms with Crippen molar-refractivity contribution in [1.29, 1.82) is 0 Å². The minimum atomic E-state index is 0.0178. The minimum absolute atomic E-state index is 0.0178. The first-order valence-electron chi connectivity index (χ1n) is 13.2. The van der Waals surface area contributed by atoms with Crippen LogP contribution in [-0.2, 0) is 6.54 Å². The lowest BCUT2D eigenvalue weighted by molar-refractivity contribution is 0.109. The Morgan fingerprint density at radius 3 is 2.53 bits per heavy atom. The summed E-state index contributed by atoms with van der Waals surface area (Å²) < 4.78 is 2.12. The molecule has 1 atom stereocenters. The summed E-state index contributed by atoms with van der Waals surface area (Å²) in [6.45, 7) is 7.02. The molecule has 2 heterocycles. The SMILES string of the molecule is CC[C@@H](c1nnnn1C1CCCCC1)N(Cc1cc2cc(C)cc(C)c2[nH]c1=O)C1CCCC1. The number of fused-ring (bicyclic) bond motifs is 1. The molecule has 2 fully saturated rings. The topological polar surface area (TPSA) is 79.7 Å². The summed E-state index contributed by atoms with van der Waals surface area (Å²) in [5.74, 6) is 0.977. The van der Waals surface area contributed by atoms with Gasteiger partial charge in [0.2, 0.25) is 0 Å². The highest BCUT2D eigenvalue weighted by Crippen LogP contribution is 2.36. The van der Waals surface area contributed by atoms with Crippen molar-refractivity contribution in [3.63, 3.8) is 0 Å². The summed E-state index contributed by atoms with van der Waals surface area (Å²) in [7, 11) is 0. The molecule has 2 aliphatic carbocycles. The number of rotatable bonds is 7. The first-order valence-corrected chi connectivity index (χ1v) is 13.2. The smallest absolute Gasteiger partial charge is 0.252 e. The van der Waals surface area contributed by atoms with Gasteiger partial charge in [-0.3, -0.25) is 9.69 Å². The van der Waals surface area contributed by atoms with Crippen LogP contribution >= 0.6 is 0 Å². The molecule has 0 bridgehead atoms. The Morgan fingerprint density at radius 1 is 1.06 bits per heavy atom. The lowest BCUT2D eigenvalue weighted by Crippen LogP contribution is -2.39. The highest BCUT2D eigenvalue weighted by atomic mass is 16.1. The predicted octanol–water partition coefficient (Wildman–Crippen LogP) is 5.53. The van der Waals surface area contributed by atoms with Crippen molar-refractivity contribution >= 4 is 10.9 Å². The molecule has 5 rings (SSSR count). The third-order valence-electron chi connectivity index (χ3n) is 8.04. The van der Waals surface area contributed by atoms with Gasteiger partial charge in [0.15, 0.2) is 5.82 Å². The molecule has 0 unspecified atom stereocenters. The van der Waals surface area contributed by atoms with Crippen LogP contribution in [0.15, 0.2) is 23.0 Å². The third kappa shape index (κ3) is 4.54. The number of pyridine rings is 1. The normalized spacial score (nSPS) is 18.8. The fourth-order valence-electron chi connectivity index (χ4n) is 6.35. The van der Waals surface area contributed by atoms with Crippen LogP contribution in [0.5, 0.6) is 0 Å². The van der Waals surface area contributed by atoms with Crippen molar-refractivity contribution in [3.05, 3.63) is 51.1 Å². The Kier molecular flexibility index (Phi) is 6.82. The molecule has 182 valence electrons. The van der Waals surface area contributed by atoms with Crippen LogP contribution in [0.4, 0.5) is 0 Å². The summed E-state index contributed by atoms with van der Waals surface area (Å²) in [6.07, 6.45) is 11.9. The number of H-pyrrole nitrogens is 1. The van der Waals surface area contributed by atoms with Crippen LogP contribution in [-0.4, -0.2) is 36.1 Å². The second-order valence-corrected chi connectivity index (χ2v) is 10.5. The molecule has 0 spiro atoms. The van der Waals surface area contributed by atoms with Gasteiger partial charge < -0.3 is 4.98 Å². The molecule has 1 aromatic carbocycles. The molecule has 34 heavy (non-hydrogen) atoms. The predicted molar refractivity (Wildman–Crippen MR) is 135 cm³/mol. The molecule has 0 radical (unpaired) electrons. The van der Waals surface area contributed by atoms with Gasteiger partial charge in [-0.05, 0) is 79.5 Å². The van der Waals surface area contributed by atoms with Crippen LogP contribution in [0.3, 0.4) is 0 Å². The van der Waals surface area contributed by atoms with Crippen LogP contribution < -0.4 is 5.56 Å². The maximum atomic E-state index is 13.2. The molecule has 0 amide bonds. The van der Waals surface area contributed by atoms with E-state index in [2.05, 4.69) is 69.1 Å². The standard InChI is InChI=1S/C27H38N6O/c1-4-24(26-29-30-31-33(26)23-12-6-5-7-13-23)32(22-10-8-9-11-22)17-21-16-20-15-18(2)14-19(3)25(20)28-27(21)34/h14-16,22-24H,4-13,17H2,1-3H3,(H,28,34)/t24-/m0/s1. The lowest BCUT2D eigenvalue weighted by atomic mass is 9.95. The zero-order chi connectivity index (χ0) is 23.7. The fourth-order valence-corrected chi connectivity index (χ4v) is 6.35. The molecule has 7 heteroatoms. The monoisotopic (exact) mass is 462 g/mol. The number of aromatic nitrogens is 5. The van der Waals surface area contributed by atoms with E-state index in [1.165, 1.54) is 50.5 Å². The number of aryl methyl sites for hydroxylation is 2. The lowest BCUT2D eigenvalue weighted by Gasteiger charge is -2.36. The molecular weight excluding hydrogens is 424 g/mol. The second-order valence-electron chi connectivity index (χ2n) is 10.5. The molecule has 2 aliphatic rings. The van der Waals surface area contributed by atoms with Crippen molar-refractivity contribution < 1.29 is 0 Å². The van der Waals surface area contributed by atoms with Gasteiger partial charge in [0.1, 0.15) is 0 Å². The van der Waals surface area contributed by atoms with E-state index in [1.807, 2.05) is 0 Å². The van der Waals surface area contributed by atoms with Crippen LogP contribution in [0.25, 0.3) is 10.9 Å². The van der Waals surface area contributed by atoms with Gasteiger partial charge in [-0.15, -0.1) is 5.10 Å². The van der Waals surface area contributed by atoms with Crippen LogP contribution in [0.1, 0.15) is 106 Å². The van der Waals surface area contributed by atoms with E-state index in [-0.39, 0.29) is 11.6 Å². The maximum absolute atomic E-state index is 13.2. The molecule has 7 nitrogen and oxygen atoms in total. The van der Waals surface area contributed by atoms with E-state index in [0.717, 1.165) is 47.1 Å². The van der Waals surface area contributed by atoms with Gasteiger partial charge in [0.25, 0.3) is 5.56 Å². The largest absolute Gasteiger partial charge is 0.321 e. The van der Waals surface area contributed by atoms with Crippen molar-refractivity contribution in [3.8, 4) is 0 Å². The van der Waals surface area contributed by atoms with E-state index >= 15 is 0 Å². The number of nitrogens with zero attached hydrogens (tertiary/aromatic N) is 5. The zero-order valence-electron chi connectivity index (χ0n) is 20.9. The van der Waals surface area contributed by atoms with Crippen LogP contribution in [0, 0.1) is 13.8 Å². The Bertz CT molecular complexity index is 1190. The van der Waals surface area contributed by atoms with E-state index < -0.39 is 0 Å². The third-order valence-corrected chi connectivity index (χ3v) is 8.04. The fraction of sp³-hybridized carbons (Fsp3) is 0.630. The first-order chi connectivity index (χ1) is 16.5. The Hall–Kier alpha value is -2.54. The van der Waals surface area contributed by atoms with E-state index in [9.17, 15) is 4.79 Å². The number of aromatic amines is 1. The number of hydrogen-bond acceptors (Lipinski definition) is 5. The quantitative estimate of drug-likeness (QED) is 0.499. The van der Waals surface area contributed by atoms with Crippen molar-refractivity contribution in [2.75, 3.05) is 0 Å². The highest BCUT2D eigenvalue weighted by Gasteiger charge is 2.34. The van der Waals surface area contributed by atoms with E-state index in [4.69, 9.17) is 0 Å². The Labute approximate surface area is 201 Å². The van der Waals surface area contributed by atoms with E-state index in [1.54, 1.807) is 0 Å². The van der Waals surface area contributed by atoms with Crippen molar-refractivity contribution in [2.45, 2.75) is 110 Å². The molecule has 0 aliphatic heterocycles. The summed E-state index contributed by atoms with van der Waals surface area (Å²) in [5.41, 5.74) is 4.13. The van der Waals surface area contributed by atoms with Gasteiger partial charge in [0, 0.05) is 18.2 Å². The Morgan fingerprint density at radius 2 is 1.79 bits per heavy atom. The highest BCUT2D eigenvalue weighted by molar-refractivity contribution is 5.82.